The van der Waals surface area contributed by atoms with Crippen LogP contribution in [0.4, 0.5) is 0 Å². The van der Waals surface area contributed by atoms with Crippen LogP contribution in [0.2, 0.25) is 0 Å². The van der Waals surface area contributed by atoms with Gasteiger partial charge < -0.3 is 9.15 Å². The van der Waals surface area contributed by atoms with Crippen LogP contribution in [0.15, 0.2) is 52.6 Å². The van der Waals surface area contributed by atoms with Gasteiger partial charge in [-0.3, -0.25) is 4.79 Å². The lowest BCUT2D eigenvalue weighted by molar-refractivity contribution is 0.325. The normalized spacial score (nSPS) is 10.2. The number of hydrogen-bond acceptors (Lipinski definition) is 3. The van der Waals surface area contributed by atoms with Gasteiger partial charge in [-0.15, -0.1) is 6.58 Å². The fraction of sp³-hybridized carbons (Fsp3) is 0.154. The maximum Gasteiger partial charge on any atom is 0.193 e. The number of ether oxygens (including phenoxy) is 1. The molecule has 0 unspecified atom stereocenters. The van der Waals surface area contributed by atoms with E-state index in [1.165, 1.54) is 18.6 Å². The number of benzene rings is 1. The van der Waals surface area contributed by atoms with Gasteiger partial charge >= 0.3 is 0 Å². The van der Waals surface area contributed by atoms with E-state index in [4.69, 9.17) is 9.15 Å². The minimum atomic E-state index is -0.0875. The van der Waals surface area contributed by atoms with Crippen LogP contribution < -0.4 is 10.2 Å². The van der Waals surface area contributed by atoms with Gasteiger partial charge in [0.25, 0.3) is 0 Å². The van der Waals surface area contributed by atoms with Crippen LogP contribution >= 0.6 is 0 Å². The summed E-state index contributed by atoms with van der Waals surface area (Å²) in [4.78, 5) is 11.7. The lowest BCUT2D eigenvalue weighted by Gasteiger charge is -2.07. The summed E-state index contributed by atoms with van der Waals surface area (Å²) < 4.78 is 10.4. The van der Waals surface area contributed by atoms with Crippen molar-refractivity contribution < 1.29 is 9.15 Å². The highest BCUT2D eigenvalue weighted by atomic mass is 16.5. The molecule has 0 aromatic carbocycles. The monoisotopic (exact) mass is 216 g/mol. The average molecular weight is 216 g/mol. The van der Waals surface area contributed by atoms with Gasteiger partial charge in [0.2, 0.25) is 0 Å². The molecule has 0 atom stereocenters. The Morgan fingerprint density at radius 2 is 2.31 bits per heavy atom. The van der Waals surface area contributed by atoms with E-state index >= 15 is 0 Å². The Bertz CT molecular complexity index is 513. The first-order valence-electron chi connectivity index (χ1n) is 5.05. The zero-order valence-electron chi connectivity index (χ0n) is 8.81. The Hall–Kier alpha value is -2.03. The van der Waals surface area contributed by atoms with Gasteiger partial charge in [0.15, 0.2) is 5.43 Å². The van der Waals surface area contributed by atoms with Crippen molar-refractivity contribution >= 4 is 0 Å². The van der Waals surface area contributed by atoms with E-state index in [2.05, 4.69) is 6.58 Å². The second-order valence-electron chi connectivity index (χ2n) is 3.41. The summed E-state index contributed by atoms with van der Waals surface area (Å²) in [5.41, 5.74) is 1.31. The Balaban J connectivity index is 2.31. The van der Waals surface area contributed by atoms with Crippen molar-refractivity contribution in [3.63, 3.8) is 0 Å². The van der Waals surface area contributed by atoms with E-state index in [0.29, 0.717) is 17.9 Å². The summed E-state index contributed by atoms with van der Waals surface area (Å²) in [6.07, 6.45) is 5.52. The quantitative estimate of drug-likeness (QED) is 0.582. The van der Waals surface area contributed by atoms with Crippen molar-refractivity contribution in [2.45, 2.75) is 6.42 Å². The van der Waals surface area contributed by atoms with Crippen molar-refractivity contribution in [3.05, 3.63) is 53.6 Å². The second-order valence-corrected chi connectivity index (χ2v) is 3.41. The summed E-state index contributed by atoms with van der Waals surface area (Å²) in [7, 11) is 0. The molecule has 0 bridgehead atoms. The Labute approximate surface area is 93.3 Å². The first-order valence-corrected chi connectivity index (χ1v) is 5.05. The number of fused-ring (bicyclic) bond motifs is 1. The van der Waals surface area contributed by atoms with Crippen molar-refractivity contribution in [2.75, 3.05) is 6.61 Å². The average Bonchev–Trinajstić information content (AvgIpc) is 2.30. The largest absolute Gasteiger partial charge is 0.493 e. The minimum absolute atomic E-state index is 0.0875. The third-order valence-corrected chi connectivity index (χ3v) is 2.25. The minimum Gasteiger partial charge on any atom is -0.493 e. The van der Waals surface area contributed by atoms with Crippen molar-refractivity contribution in [1.82, 2.24) is 0 Å². The molecule has 82 valence electrons. The summed E-state index contributed by atoms with van der Waals surface area (Å²) in [6.45, 7) is 4.14. The molecule has 0 radical (unpaired) electrons. The number of rotatable bonds is 4. The summed E-state index contributed by atoms with van der Waals surface area (Å²) >= 11 is 0. The lowest BCUT2D eigenvalue weighted by atomic mass is 10.1. The third-order valence-electron chi connectivity index (χ3n) is 2.25. The van der Waals surface area contributed by atoms with Gasteiger partial charge in [0.1, 0.15) is 12.0 Å². The van der Waals surface area contributed by atoms with Gasteiger partial charge in [-0.2, -0.15) is 0 Å². The Kier molecular flexibility index (Phi) is 3.05. The van der Waals surface area contributed by atoms with Gasteiger partial charge in [-0.1, -0.05) is 6.08 Å². The highest BCUT2D eigenvalue weighted by Gasteiger charge is 2.08. The first kappa shape index (κ1) is 10.5. The Morgan fingerprint density at radius 3 is 3.12 bits per heavy atom. The Morgan fingerprint density at radius 1 is 1.44 bits per heavy atom. The van der Waals surface area contributed by atoms with Gasteiger partial charge in [-0.05, 0) is 24.1 Å². The highest BCUT2D eigenvalue weighted by molar-refractivity contribution is 5.65. The van der Waals surface area contributed by atoms with Gasteiger partial charge in [0, 0.05) is 6.07 Å². The number of hydrogen-bond donors (Lipinski definition) is 0. The molecule has 2 aliphatic rings. The molecule has 1 aliphatic carbocycles. The molecule has 16 heavy (non-hydrogen) atoms. The lowest BCUT2D eigenvalue weighted by Crippen LogP contribution is -2.06. The van der Waals surface area contributed by atoms with E-state index in [0.717, 1.165) is 12.0 Å². The molecule has 3 nitrogen and oxygen atoms in total. The van der Waals surface area contributed by atoms with Crippen molar-refractivity contribution in [3.8, 4) is 16.9 Å². The van der Waals surface area contributed by atoms with E-state index in [1.54, 1.807) is 12.1 Å². The molecule has 0 N–H and O–H groups in total. The molecule has 1 heterocycles. The second kappa shape index (κ2) is 4.66. The van der Waals surface area contributed by atoms with E-state index in [1.807, 2.05) is 6.07 Å². The molecule has 3 heteroatoms. The fourth-order valence-electron chi connectivity index (χ4n) is 1.45. The summed E-state index contributed by atoms with van der Waals surface area (Å²) in [6, 6.07) is 5.05. The standard InChI is InChI=1S/C13H12O3/c1-2-3-5-16-11-7-10-4-6-15-9-12(10)13(14)8-11/h2,4,6-9H,1,3,5H2. The van der Waals surface area contributed by atoms with Crippen molar-refractivity contribution in [2.24, 2.45) is 0 Å². The van der Waals surface area contributed by atoms with E-state index in [9.17, 15) is 4.79 Å². The maximum atomic E-state index is 11.7. The zero-order valence-corrected chi connectivity index (χ0v) is 8.81. The molecule has 0 aromatic heterocycles. The van der Waals surface area contributed by atoms with Crippen LogP contribution in [-0.4, -0.2) is 6.61 Å². The summed E-state index contributed by atoms with van der Waals surface area (Å²) in [5.74, 6) is 0.588. The fourth-order valence-corrected chi connectivity index (χ4v) is 1.45. The van der Waals surface area contributed by atoms with Crippen LogP contribution in [0.3, 0.4) is 0 Å². The molecule has 0 amide bonds. The van der Waals surface area contributed by atoms with Crippen LogP contribution in [0.25, 0.3) is 11.1 Å². The third kappa shape index (κ3) is 2.14. The van der Waals surface area contributed by atoms with E-state index in [-0.39, 0.29) is 5.43 Å². The van der Waals surface area contributed by atoms with Crippen LogP contribution in [0.1, 0.15) is 6.42 Å². The topological polar surface area (TPSA) is 39.4 Å². The molecular weight excluding hydrogens is 204 g/mol. The maximum absolute atomic E-state index is 11.7. The predicted molar refractivity (Wildman–Crippen MR) is 61.9 cm³/mol. The first-order chi connectivity index (χ1) is 7.81. The van der Waals surface area contributed by atoms with Gasteiger partial charge in [0.05, 0.1) is 18.4 Å². The smallest absolute Gasteiger partial charge is 0.193 e. The van der Waals surface area contributed by atoms with Gasteiger partial charge in [-0.25, -0.2) is 0 Å². The van der Waals surface area contributed by atoms with Crippen LogP contribution in [0.5, 0.6) is 5.75 Å². The highest BCUT2D eigenvalue weighted by Crippen LogP contribution is 2.22. The molecule has 0 fully saturated rings. The molecule has 0 spiro atoms. The van der Waals surface area contributed by atoms with Crippen LogP contribution in [0, 0.1) is 0 Å². The van der Waals surface area contributed by atoms with Crippen LogP contribution in [-0.2, 0) is 0 Å². The predicted octanol–water partition coefficient (Wildman–Crippen LogP) is 2.70. The molecule has 0 saturated carbocycles. The summed E-state index contributed by atoms with van der Waals surface area (Å²) in [5, 5.41) is 0. The SMILES string of the molecule is C=CCCOc1cc2ccocc-2c(=O)c1. The van der Waals surface area contributed by atoms with E-state index < -0.39 is 0 Å². The van der Waals surface area contributed by atoms with Crippen molar-refractivity contribution in [1.29, 1.82) is 0 Å². The molecule has 2 rings (SSSR count). The molecule has 1 aliphatic heterocycles. The molecule has 0 aromatic rings. The zero-order chi connectivity index (χ0) is 11.4. The molecular formula is C13H12O3. The molecule has 0 saturated heterocycles.